The van der Waals surface area contributed by atoms with E-state index >= 15 is 0 Å². The van der Waals surface area contributed by atoms with Gasteiger partial charge in [0.05, 0.1) is 15.8 Å². The number of benzene rings is 1. The molecule has 0 aliphatic heterocycles. The van der Waals surface area contributed by atoms with E-state index in [-0.39, 0.29) is 11.3 Å². The molecule has 0 aliphatic rings. The molecule has 0 bridgehead atoms. The van der Waals surface area contributed by atoms with Crippen LogP contribution in [0.4, 0.5) is 11.4 Å². The van der Waals surface area contributed by atoms with E-state index in [1.54, 1.807) is 18.0 Å². The minimum absolute atomic E-state index is 0.109. The number of anilines is 1. The van der Waals surface area contributed by atoms with Crippen molar-refractivity contribution in [1.29, 1.82) is 0 Å². The van der Waals surface area contributed by atoms with Crippen LogP contribution in [0.5, 0.6) is 0 Å². The first-order chi connectivity index (χ1) is 9.88. The van der Waals surface area contributed by atoms with E-state index in [1.165, 1.54) is 29.5 Å². The number of amides is 1. The third-order valence-corrected chi connectivity index (χ3v) is 4.11. The van der Waals surface area contributed by atoms with Crippen LogP contribution in [-0.4, -0.2) is 17.9 Å². The van der Waals surface area contributed by atoms with Gasteiger partial charge in [-0.3, -0.25) is 14.9 Å². The summed E-state index contributed by atoms with van der Waals surface area (Å²) in [7, 11) is 1.74. The van der Waals surface area contributed by atoms with Crippen LogP contribution in [0.1, 0.15) is 15.2 Å². The number of thiophene rings is 1. The molecular weight excluding hydrogens is 314 g/mol. The quantitative estimate of drug-likeness (QED) is 0.675. The van der Waals surface area contributed by atoms with Crippen molar-refractivity contribution in [3.63, 3.8) is 0 Å². The van der Waals surface area contributed by atoms with Gasteiger partial charge in [0.15, 0.2) is 0 Å². The molecule has 0 aliphatic carbocycles. The van der Waals surface area contributed by atoms with Crippen LogP contribution in [0, 0.1) is 10.1 Å². The lowest BCUT2D eigenvalue weighted by molar-refractivity contribution is -0.384. The fourth-order valence-electron chi connectivity index (χ4n) is 1.90. The van der Waals surface area contributed by atoms with Crippen LogP contribution in [0.15, 0.2) is 30.3 Å². The zero-order valence-electron chi connectivity index (χ0n) is 11.1. The molecule has 0 unspecified atom stereocenters. The third-order valence-electron chi connectivity index (χ3n) is 2.89. The maximum atomic E-state index is 11.2. The standard InChI is InChI=1S/C13H12ClN3O3S/c1-16(7-9-3-5-12(14)21-9)10-4-2-8(13(15)18)6-11(10)17(19)20/h2-6H,7H2,1H3,(H2,15,18). The molecule has 1 aromatic heterocycles. The van der Waals surface area contributed by atoms with Gasteiger partial charge in [-0.05, 0) is 24.3 Å². The van der Waals surface area contributed by atoms with Gasteiger partial charge in [0, 0.05) is 23.6 Å². The van der Waals surface area contributed by atoms with E-state index in [0.717, 1.165) is 4.88 Å². The first-order valence-corrected chi connectivity index (χ1v) is 7.11. The molecule has 0 saturated heterocycles. The van der Waals surface area contributed by atoms with Crippen molar-refractivity contribution in [2.45, 2.75) is 6.54 Å². The Morgan fingerprint density at radius 2 is 2.14 bits per heavy atom. The van der Waals surface area contributed by atoms with Crippen molar-refractivity contribution >= 4 is 40.2 Å². The van der Waals surface area contributed by atoms with E-state index in [1.807, 2.05) is 6.07 Å². The van der Waals surface area contributed by atoms with E-state index in [2.05, 4.69) is 0 Å². The van der Waals surface area contributed by atoms with Crippen LogP contribution in [0.3, 0.4) is 0 Å². The lowest BCUT2D eigenvalue weighted by Gasteiger charge is -2.18. The van der Waals surface area contributed by atoms with Gasteiger partial charge < -0.3 is 10.6 Å². The molecule has 2 rings (SSSR count). The number of hydrogen-bond donors (Lipinski definition) is 1. The van der Waals surface area contributed by atoms with Gasteiger partial charge in [-0.25, -0.2) is 0 Å². The Morgan fingerprint density at radius 3 is 2.67 bits per heavy atom. The molecule has 1 heterocycles. The fourth-order valence-corrected chi connectivity index (χ4v) is 3.04. The Balaban J connectivity index is 2.33. The summed E-state index contributed by atoms with van der Waals surface area (Å²) < 4.78 is 0.664. The highest BCUT2D eigenvalue weighted by atomic mass is 35.5. The van der Waals surface area contributed by atoms with Gasteiger partial charge in [0.25, 0.3) is 5.69 Å². The number of primary amides is 1. The van der Waals surface area contributed by atoms with Crippen molar-refractivity contribution < 1.29 is 9.72 Å². The molecule has 6 nitrogen and oxygen atoms in total. The molecule has 2 aromatic rings. The van der Waals surface area contributed by atoms with Crippen molar-refractivity contribution in [2.24, 2.45) is 5.73 Å². The molecular formula is C13H12ClN3O3S. The fraction of sp³-hybridized carbons (Fsp3) is 0.154. The molecule has 0 radical (unpaired) electrons. The summed E-state index contributed by atoms with van der Waals surface area (Å²) in [6, 6.07) is 7.83. The first kappa shape index (κ1) is 15.3. The monoisotopic (exact) mass is 325 g/mol. The predicted octanol–water partition coefficient (Wildman–Crippen LogP) is 3.05. The van der Waals surface area contributed by atoms with E-state index in [9.17, 15) is 14.9 Å². The maximum Gasteiger partial charge on any atom is 0.293 e. The molecule has 2 N–H and O–H groups in total. The molecule has 1 amide bonds. The van der Waals surface area contributed by atoms with Gasteiger partial charge in [0.2, 0.25) is 5.91 Å². The lowest BCUT2D eigenvalue weighted by atomic mass is 10.1. The second-order valence-electron chi connectivity index (χ2n) is 4.39. The van der Waals surface area contributed by atoms with Crippen LogP contribution < -0.4 is 10.6 Å². The van der Waals surface area contributed by atoms with Crippen molar-refractivity contribution in [3.8, 4) is 0 Å². The number of carbonyl (C=O) groups excluding carboxylic acids is 1. The Labute approximate surface area is 129 Å². The maximum absolute atomic E-state index is 11.2. The average molecular weight is 326 g/mol. The molecule has 0 spiro atoms. The van der Waals surface area contributed by atoms with Crippen molar-refractivity contribution in [3.05, 3.63) is 55.2 Å². The topological polar surface area (TPSA) is 89.5 Å². The van der Waals surface area contributed by atoms with Crippen LogP contribution in [0.25, 0.3) is 0 Å². The summed E-state index contributed by atoms with van der Waals surface area (Å²) in [4.78, 5) is 24.5. The van der Waals surface area contributed by atoms with E-state index in [4.69, 9.17) is 17.3 Å². The summed E-state index contributed by atoms with van der Waals surface area (Å²) in [6.45, 7) is 0.480. The summed E-state index contributed by atoms with van der Waals surface area (Å²) in [5.74, 6) is -0.697. The molecule has 8 heteroatoms. The second-order valence-corrected chi connectivity index (χ2v) is 6.19. The molecule has 1 aromatic carbocycles. The van der Waals surface area contributed by atoms with Gasteiger partial charge in [-0.15, -0.1) is 11.3 Å². The first-order valence-electron chi connectivity index (χ1n) is 5.92. The van der Waals surface area contributed by atoms with Gasteiger partial charge in [-0.1, -0.05) is 11.6 Å². The number of carbonyl (C=O) groups is 1. The van der Waals surface area contributed by atoms with E-state index in [0.29, 0.717) is 16.6 Å². The highest BCUT2D eigenvalue weighted by Crippen LogP contribution is 2.31. The highest BCUT2D eigenvalue weighted by molar-refractivity contribution is 7.16. The summed E-state index contributed by atoms with van der Waals surface area (Å²) in [5, 5.41) is 11.2. The van der Waals surface area contributed by atoms with Gasteiger partial charge in [0.1, 0.15) is 5.69 Å². The summed E-state index contributed by atoms with van der Waals surface area (Å²) in [5.41, 5.74) is 5.51. The lowest BCUT2D eigenvalue weighted by Crippen LogP contribution is -2.18. The Kier molecular flexibility index (Phi) is 4.44. The van der Waals surface area contributed by atoms with Crippen LogP contribution in [0.2, 0.25) is 4.34 Å². The van der Waals surface area contributed by atoms with Crippen molar-refractivity contribution in [2.75, 3.05) is 11.9 Å². The zero-order valence-corrected chi connectivity index (χ0v) is 12.6. The van der Waals surface area contributed by atoms with Gasteiger partial charge in [-0.2, -0.15) is 0 Å². The normalized spacial score (nSPS) is 10.4. The summed E-state index contributed by atoms with van der Waals surface area (Å²) in [6.07, 6.45) is 0. The number of nitro groups is 1. The molecule has 110 valence electrons. The molecule has 0 saturated carbocycles. The SMILES string of the molecule is CN(Cc1ccc(Cl)s1)c1ccc(C(N)=O)cc1[N+](=O)[O-]. The Morgan fingerprint density at radius 1 is 1.43 bits per heavy atom. The highest BCUT2D eigenvalue weighted by Gasteiger charge is 2.19. The van der Waals surface area contributed by atoms with E-state index < -0.39 is 10.8 Å². The van der Waals surface area contributed by atoms with Crippen molar-refractivity contribution in [1.82, 2.24) is 0 Å². The number of rotatable bonds is 5. The third kappa shape index (κ3) is 3.50. The number of hydrogen-bond acceptors (Lipinski definition) is 5. The second kappa shape index (κ2) is 6.11. The molecule has 21 heavy (non-hydrogen) atoms. The Bertz CT molecular complexity index is 702. The minimum atomic E-state index is -0.697. The minimum Gasteiger partial charge on any atom is -0.366 e. The predicted molar refractivity (Wildman–Crippen MR) is 83.1 cm³/mol. The largest absolute Gasteiger partial charge is 0.366 e. The summed E-state index contributed by atoms with van der Waals surface area (Å²) >= 11 is 7.28. The van der Waals surface area contributed by atoms with Crippen LogP contribution in [-0.2, 0) is 6.54 Å². The number of halogens is 1. The average Bonchev–Trinajstić information content (AvgIpc) is 2.83. The Hall–Kier alpha value is -2.12. The number of nitro benzene ring substituents is 1. The molecule has 0 fully saturated rings. The van der Waals surface area contributed by atoms with Crippen LogP contribution >= 0.6 is 22.9 Å². The smallest absolute Gasteiger partial charge is 0.293 e. The molecule has 0 atom stereocenters. The number of nitrogens with two attached hydrogens (primary N) is 1. The zero-order chi connectivity index (χ0) is 15.6. The number of nitrogens with zero attached hydrogens (tertiary/aromatic N) is 2. The van der Waals surface area contributed by atoms with Gasteiger partial charge >= 0.3 is 0 Å².